The molecule has 0 aromatic heterocycles. The Hall–Kier alpha value is -0.600. The summed E-state index contributed by atoms with van der Waals surface area (Å²) in [4.78, 5) is 0. The van der Waals surface area contributed by atoms with Crippen LogP contribution in [0.15, 0.2) is 34.3 Å². The van der Waals surface area contributed by atoms with Crippen molar-refractivity contribution in [2.24, 2.45) is 0 Å². The van der Waals surface area contributed by atoms with Crippen LogP contribution < -0.4 is 5.32 Å². The predicted octanol–water partition coefficient (Wildman–Crippen LogP) is 3.61. The van der Waals surface area contributed by atoms with E-state index in [1.165, 1.54) is 24.8 Å². The molecule has 1 fully saturated rings. The van der Waals surface area contributed by atoms with Crippen molar-refractivity contribution in [3.05, 3.63) is 39.9 Å². The molecule has 1 aliphatic rings. The molecular formula is C13H16BrN. The van der Waals surface area contributed by atoms with Gasteiger partial charge in [-0.1, -0.05) is 39.7 Å². The molecule has 0 aliphatic carbocycles. The van der Waals surface area contributed by atoms with Crippen molar-refractivity contribution < 1.29 is 0 Å². The van der Waals surface area contributed by atoms with Gasteiger partial charge in [-0.25, -0.2) is 0 Å². The van der Waals surface area contributed by atoms with E-state index in [0.29, 0.717) is 0 Å². The molecule has 1 aromatic rings. The molecule has 2 heteroatoms. The third-order valence-corrected chi connectivity index (χ3v) is 3.19. The summed E-state index contributed by atoms with van der Waals surface area (Å²) in [5.74, 6) is 0. The van der Waals surface area contributed by atoms with Crippen molar-refractivity contribution in [3.8, 4) is 0 Å². The first-order valence-corrected chi connectivity index (χ1v) is 6.29. The molecule has 0 saturated carbocycles. The maximum absolute atomic E-state index is 3.50. The second-order valence-electron chi connectivity index (χ2n) is 3.96. The van der Waals surface area contributed by atoms with E-state index < -0.39 is 0 Å². The molecule has 2 rings (SSSR count). The van der Waals surface area contributed by atoms with E-state index in [-0.39, 0.29) is 0 Å². The molecule has 0 unspecified atom stereocenters. The smallest absolute Gasteiger partial charge is 0.0181 e. The van der Waals surface area contributed by atoms with Crippen LogP contribution >= 0.6 is 15.9 Å². The van der Waals surface area contributed by atoms with E-state index >= 15 is 0 Å². The molecule has 1 saturated heterocycles. The summed E-state index contributed by atoms with van der Waals surface area (Å²) in [5, 5.41) is 3.42. The monoisotopic (exact) mass is 265 g/mol. The molecule has 1 aromatic carbocycles. The van der Waals surface area contributed by atoms with Crippen LogP contribution in [0.1, 0.15) is 24.8 Å². The Morgan fingerprint density at radius 3 is 3.00 bits per heavy atom. The molecule has 80 valence electrons. The lowest BCUT2D eigenvalue weighted by Gasteiger charge is -2.02. The third-order valence-electron chi connectivity index (χ3n) is 2.69. The SMILES string of the molecule is Brc1cccc(/C=C2/CCCNCC2)c1. The Labute approximate surface area is 99.7 Å². The number of benzene rings is 1. The fourth-order valence-electron chi connectivity index (χ4n) is 1.92. The van der Waals surface area contributed by atoms with Crippen molar-refractivity contribution in [1.29, 1.82) is 0 Å². The maximum atomic E-state index is 3.50. The first-order valence-electron chi connectivity index (χ1n) is 5.50. The highest BCUT2D eigenvalue weighted by Gasteiger charge is 2.03. The largest absolute Gasteiger partial charge is 0.316 e. The highest BCUT2D eigenvalue weighted by Crippen LogP contribution is 2.19. The van der Waals surface area contributed by atoms with Gasteiger partial charge in [0.05, 0.1) is 0 Å². The molecule has 1 heterocycles. The number of nitrogens with one attached hydrogen (secondary N) is 1. The van der Waals surface area contributed by atoms with E-state index in [0.717, 1.165) is 17.6 Å². The van der Waals surface area contributed by atoms with Crippen LogP contribution in [-0.4, -0.2) is 13.1 Å². The lowest BCUT2D eigenvalue weighted by atomic mass is 10.0. The normalized spacial score (nSPS) is 20.2. The zero-order valence-electron chi connectivity index (χ0n) is 8.80. The highest BCUT2D eigenvalue weighted by atomic mass is 79.9. The Bertz CT molecular complexity index is 347. The van der Waals surface area contributed by atoms with Gasteiger partial charge in [0, 0.05) is 4.47 Å². The van der Waals surface area contributed by atoms with Crippen molar-refractivity contribution in [3.63, 3.8) is 0 Å². The minimum absolute atomic E-state index is 1.12. The average molecular weight is 266 g/mol. The summed E-state index contributed by atoms with van der Waals surface area (Å²) < 4.78 is 1.16. The summed E-state index contributed by atoms with van der Waals surface area (Å²) in [6.07, 6.45) is 6.02. The maximum Gasteiger partial charge on any atom is 0.0181 e. The minimum Gasteiger partial charge on any atom is -0.316 e. The van der Waals surface area contributed by atoms with Crippen LogP contribution in [0.5, 0.6) is 0 Å². The van der Waals surface area contributed by atoms with E-state index in [9.17, 15) is 0 Å². The molecule has 1 N–H and O–H groups in total. The molecule has 0 amide bonds. The molecule has 0 spiro atoms. The average Bonchev–Trinajstić information content (AvgIpc) is 2.46. The van der Waals surface area contributed by atoms with Gasteiger partial charge >= 0.3 is 0 Å². The highest BCUT2D eigenvalue weighted by molar-refractivity contribution is 9.10. The number of hydrogen-bond acceptors (Lipinski definition) is 1. The number of hydrogen-bond donors (Lipinski definition) is 1. The van der Waals surface area contributed by atoms with Crippen molar-refractivity contribution in [1.82, 2.24) is 5.32 Å². The van der Waals surface area contributed by atoms with Crippen LogP contribution in [0.2, 0.25) is 0 Å². The minimum atomic E-state index is 1.12. The third kappa shape index (κ3) is 3.47. The quantitative estimate of drug-likeness (QED) is 0.818. The van der Waals surface area contributed by atoms with Gasteiger partial charge in [-0.3, -0.25) is 0 Å². The second kappa shape index (κ2) is 5.47. The summed E-state index contributed by atoms with van der Waals surface area (Å²) in [5.41, 5.74) is 2.87. The molecule has 0 bridgehead atoms. The summed E-state index contributed by atoms with van der Waals surface area (Å²) in [6.45, 7) is 2.29. The van der Waals surface area contributed by atoms with Crippen LogP contribution in [0.3, 0.4) is 0 Å². The fraction of sp³-hybridized carbons (Fsp3) is 0.385. The molecule has 15 heavy (non-hydrogen) atoms. The lowest BCUT2D eigenvalue weighted by Crippen LogP contribution is -2.13. The Morgan fingerprint density at radius 2 is 2.13 bits per heavy atom. The van der Waals surface area contributed by atoms with Crippen molar-refractivity contribution >= 4 is 22.0 Å². The van der Waals surface area contributed by atoms with Crippen molar-refractivity contribution in [2.45, 2.75) is 19.3 Å². The molecular weight excluding hydrogens is 250 g/mol. The fourth-order valence-corrected chi connectivity index (χ4v) is 2.33. The van der Waals surface area contributed by atoms with Gasteiger partial charge in [-0.2, -0.15) is 0 Å². The van der Waals surface area contributed by atoms with Crippen LogP contribution in [0, 0.1) is 0 Å². The van der Waals surface area contributed by atoms with Crippen LogP contribution in [0.4, 0.5) is 0 Å². The van der Waals surface area contributed by atoms with Crippen LogP contribution in [0.25, 0.3) is 6.08 Å². The Balaban J connectivity index is 2.13. The van der Waals surface area contributed by atoms with Gasteiger partial charge in [0.2, 0.25) is 0 Å². The van der Waals surface area contributed by atoms with E-state index in [1.54, 1.807) is 5.57 Å². The van der Waals surface area contributed by atoms with Gasteiger partial charge in [-0.05, 0) is 50.0 Å². The van der Waals surface area contributed by atoms with Gasteiger partial charge < -0.3 is 5.32 Å². The molecule has 1 aliphatic heterocycles. The summed E-state index contributed by atoms with van der Waals surface area (Å²) in [6, 6.07) is 8.49. The lowest BCUT2D eigenvalue weighted by molar-refractivity contribution is 0.703. The van der Waals surface area contributed by atoms with Gasteiger partial charge in [0.15, 0.2) is 0 Å². The van der Waals surface area contributed by atoms with E-state index in [4.69, 9.17) is 0 Å². The van der Waals surface area contributed by atoms with Gasteiger partial charge in [-0.15, -0.1) is 0 Å². The Kier molecular flexibility index (Phi) is 3.98. The predicted molar refractivity (Wildman–Crippen MR) is 68.8 cm³/mol. The first-order chi connectivity index (χ1) is 7.34. The molecule has 0 atom stereocenters. The second-order valence-corrected chi connectivity index (χ2v) is 4.88. The standard InChI is InChI=1S/C13H16BrN/c14-13-5-1-3-12(10-13)9-11-4-2-7-15-8-6-11/h1,3,5,9-10,15H,2,4,6-8H2/b11-9-. The van der Waals surface area contributed by atoms with Crippen molar-refractivity contribution in [2.75, 3.05) is 13.1 Å². The van der Waals surface area contributed by atoms with Crippen LogP contribution in [-0.2, 0) is 0 Å². The van der Waals surface area contributed by atoms with Gasteiger partial charge in [0.25, 0.3) is 0 Å². The number of halogens is 1. The first kappa shape index (κ1) is 10.9. The van der Waals surface area contributed by atoms with E-state index in [2.05, 4.69) is 51.6 Å². The summed E-state index contributed by atoms with van der Waals surface area (Å²) >= 11 is 3.50. The zero-order chi connectivity index (χ0) is 10.5. The van der Waals surface area contributed by atoms with E-state index in [1.807, 2.05) is 0 Å². The number of rotatable bonds is 1. The molecule has 1 nitrogen and oxygen atoms in total. The van der Waals surface area contributed by atoms with Gasteiger partial charge in [0.1, 0.15) is 0 Å². The zero-order valence-corrected chi connectivity index (χ0v) is 10.4. The summed E-state index contributed by atoms with van der Waals surface area (Å²) in [7, 11) is 0. The topological polar surface area (TPSA) is 12.0 Å². The Morgan fingerprint density at radius 1 is 1.20 bits per heavy atom. The molecule has 0 radical (unpaired) electrons.